The summed E-state index contributed by atoms with van der Waals surface area (Å²) < 4.78 is 15.5. The fourth-order valence-electron chi connectivity index (χ4n) is 4.13. The molecule has 0 fully saturated rings. The van der Waals surface area contributed by atoms with Gasteiger partial charge in [-0.1, -0.05) is 36.4 Å². The first-order chi connectivity index (χ1) is 15.6. The summed E-state index contributed by atoms with van der Waals surface area (Å²) in [6.45, 7) is 3.09. The number of pyridine rings is 1. The van der Waals surface area contributed by atoms with Crippen molar-refractivity contribution in [3.05, 3.63) is 95.6 Å². The molecule has 5 nitrogen and oxygen atoms in total. The van der Waals surface area contributed by atoms with Crippen molar-refractivity contribution in [2.45, 2.75) is 26.4 Å². The van der Waals surface area contributed by atoms with Crippen LogP contribution in [-0.2, 0) is 24.3 Å². The molecule has 1 aliphatic heterocycles. The zero-order chi connectivity index (χ0) is 22.1. The van der Waals surface area contributed by atoms with E-state index in [1.807, 2.05) is 53.4 Å². The van der Waals surface area contributed by atoms with Crippen molar-refractivity contribution in [1.82, 2.24) is 19.7 Å². The normalized spacial score (nSPS) is 13.1. The highest BCUT2D eigenvalue weighted by Gasteiger charge is 2.23. The van der Waals surface area contributed by atoms with E-state index in [9.17, 15) is 9.18 Å². The van der Waals surface area contributed by atoms with Crippen LogP contribution in [0.4, 0.5) is 4.39 Å². The predicted octanol–water partition coefficient (Wildman–Crippen LogP) is 4.64. The van der Waals surface area contributed by atoms with Crippen molar-refractivity contribution in [1.29, 1.82) is 0 Å². The molecule has 1 aliphatic rings. The van der Waals surface area contributed by atoms with Gasteiger partial charge in [0.25, 0.3) is 0 Å². The van der Waals surface area contributed by atoms with Gasteiger partial charge in [0, 0.05) is 37.0 Å². The van der Waals surface area contributed by atoms with Crippen LogP contribution < -0.4 is 0 Å². The topological polar surface area (TPSA) is 51.0 Å². The van der Waals surface area contributed by atoms with Gasteiger partial charge in [0.05, 0.1) is 11.4 Å². The number of hydrogen-bond acceptors (Lipinski definition) is 3. The van der Waals surface area contributed by atoms with Crippen LogP contribution in [0.5, 0.6) is 0 Å². The van der Waals surface area contributed by atoms with Gasteiger partial charge < -0.3 is 4.90 Å². The second kappa shape index (κ2) is 8.38. The van der Waals surface area contributed by atoms with E-state index in [0.29, 0.717) is 24.3 Å². The number of carbonyl (C=O) groups is 1. The van der Waals surface area contributed by atoms with E-state index in [-0.39, 0.29) is 18.3 Å². The summed E-state index contributed by atoms with van der Waals surface area (Å²) in [7, 11) is 0. The third-order valence-electron chi connectivity index (χ3n) is 5.91. The van der Waals surface area contributed by atoms with E-state index in [1.165, 1.54) is 6.07 Å². The van der Waals surface area contributed by atoms with Crippen molar-refractivity contribution in [2.75, 3.05) is 6.54 Å². The lowest BCUT2D eigenvalue weighted by Gasteiger charge is -2.28. The molecule has 2 aromatic carbocycles. The number of fused-ring (bicyclic) bond motifs is 1. The van der Waals surface area contributed by atoms with Crippen LogP contribution >= 0.6 is 0 Å². The maximum Gasteiger partial charge on any atom is 0.244 e. The van der Waals surface area contributed by atoms with Crippen molar-refractivity contribution in [3.8, 4) is 22.5 Å². The third kappa shape index (κ3) is 3.91. The zero-order valence-electron chi connectivity index (χ0n) is 17.8. The monoisotopic (exact) mass is 426 g/mol. The summed E-state index contributed by atoms with van der Waals surface area (Å²) in [5.41, 5.74) is 6.10. The molecule has 32 heavy (non-hydrogen) atoms. The average molecular weight is 426 g/mol. The van der Waals surface area contributed by atoms with Gasteiger partial charge in [-0.3, -0.25) is 14.5 Å². The predicted molar refractivity (Wildman–Crippen MR) is 121 cm³/mol. The minimum Gasteiger partial charge on any atom is -0.336 e. The summed E-state index contributed by atoms with van der Waals surface area (Å²) >= 11 is 0. The lowest BCUT2D eigenvalue weighted by atomic mass is 10.1. The number of hydrogen-bond donors (Lipinski definition) is 0. The van der Waals surface area contributed by atoms with Crippen LogP contribution in [0.25, 0.3) is 22.5 Å². The first kappa shape index (κ1) is 20.1. The molecule has 5 rings (SSSR count). The number of benzene rings is 2. The van der Waals surface area contributed by atoms with Gasteiger partial charge in [-0.25, -0.2) is 4.39 Å². The number of aromatic nitrogens is 3. The minimum atomic E-state index is -0.244. The van der Waals surface area contributed by atoms with Gasteiger partial charge >= 0.3 is 0 Å². The largest absolute Gasteiger partial charge is 0.336 e. The maximum absolute atomic E-state index is 13.8. The van der Waals surface area contributed by atoms with Gasteiger partial charge in [-0.15, -0.1) is 0 Å². The molecular weight excluding hydrogens is 403 g/mol. The molecule has 0 atom stereocenters. The smallest absolute Gasteiger partial charge is 0.244 e. The Balaban J connectivity index is 1.46. The Morgan fingerprint density at radius 3 is 2.69 bits per heavy atom. The molecule has 0 spiro atoms. The molecule has 4 aromatic rings. The summed E-state index contributed by atoms with van der Waals surface area (Å²) in [6, 6.07) is 20.7. The molecule has 6 heteroatoms. The molecule has 0 saturated heterocycles. The Morgan fingerprint density at radius 1 is 1.03 bits per heavy atom. The van der Waals surface area contributed by atoms with Crippen LogP contribution in [0, 0.1) is 12.7 Å². The Hall–Kier alpha value is -3.80. The van der Waals surface area contributed by atoms with E-state index in [0.717, 1.165) is 34.5 Å². The molecule has 0 saturated carbocycles. The van der Waals surface area contributed by atoms with E-state index >= 15 is 0 Å². The Morgan fingerprint density at radius 2 is 1.88 bits per heavy atom. The first-order valence-electron chi connectivity index (χ1n) is 10.7. The molecule has 160 valence electrons. The van der Waals surface area contributed by atoms with E-state index < -0.39 is 0 Å². The van der Waals surface area contributed by atoms with Crippen LogP contribution in [0.1, 0.15) is 16.8 Å². The van der Waals surface area contributed by atoms with Crippen LogP contribution in [-0.4, -0.2) is 32.1 Å². The van der Waals surface area contributed by atoms with E-state index in [4.69, 9.17) is 5.10 Å². The number of rotatable bonds is 4. The Kier molecular flexibility index (Phi) is 5.27. The van der Waals surface area contributed by atoms with Crippen molar-refractivity contribution < 1.29 is 9.18 Å². The first-order valence-corrected chi connectivity index (χ1v) is 10.7. The summed E-state index contributed by atoms with van der Waals surface area (Å²) in [5.74, 6) is -0.229. The minimum absolute atomic E-state index is 0.0154. The number of nitrogens with zero attached hydrogens (tertiary/aromatic N) is 4. The molecule has 0 unspecified atom stereocenters. The third-order valence-corrected chi connectivity index (χ3v) is 5.91. The SMILES string of the molecule is Cc1cc(-c2cc(-c3ccccc3)n(CC(=O)N3CCc4ncccc4C3)n2)ccc1F. The Labute approximate surface area is 186 Å². The molecule has 1 amide bonds. The van der Waals surface area contributed by atoms with Gasteiger partial charge in [-0.2, -0.15) is 5.10 Å². The van der Waals surface area contributed by atoms with Gasteiger partial charge in [0.2, 0.25) is 5.91 Å². The number of amides is 1. The van der Waals surface area contributed by atoms with Crippen LogP contribution in [0.3, 0.4) is 0 Å². The van der Waals surface area contributed by atoms with Crippen molar-refractivity contribution in [2.24, 2.45) is 0 Å². The Bertz CT molecular complexity index is 1280. The highest BCUT2D eigenvalue weighted by molar-refractivity contribution is 5.78. The zero-order valence-corrected chi connectivity index (χ0v) is 17.8. The van der Waals surface area contributed by atoms with E-state index in [1.54, 1.807) is 29.9 Å². The molecule has 2 aromatic heterocycles. The number of carbonyl (C=O) groups excluding carboxylic acids is 1. The second-order valence-corrected chi connectivity index (χ2v) is 8.08. The van der Waals surface area contributed by atoms with Gasteiger partial charge in [0.1, 0.15) is 12.4 Å². The molecule has 0 bridgehead atoms. The fourth-order valence-corrected chi connectivity index (χ4v) is 4.13. The number of aryl methyl sites for hydroxylation is 1. The highest BCUT2D eigenvalue weighted by atomic mass is 19.1. The average Bonchev–Trinajstić information content (AvgIpc) is 3.24. The van der Waals surface area contributed by atoms with Gasteiger partial charge in [0.15, 0.2) is 0 Å². The second-order valence-electron chi connectivity index (χ2n) is 8.08. The number of halogens is 1. The summed E-state index contributed by atoms with van der Waals surface area (Å²) in [4.78, 5) is 19.5. The molecular formula is C26H23FN4O. The fraction of sp³-hybridized carbons (Fsp3) is 0.192. The maximum atomic E-state index is 13.8. The molecule has 0 N–H and O–H groups in total. The quantitative estimate of drug-likeness (QED) is 0.478. The lowest BCUT2D eigenvalue weighted by Crippen LogP contribution is -2.38. The van der Waals surface area contributed by atoms with Crippen molar-refractivity contribution in [3.63, 3.8) is 0 Å². The van der Waals surface area contributed by atoms with Crippen molar-refractivity contribution >= 4 is 5.91 Å². The lowest BCUT2D eigenvalue weighted by molar-refractivity contribution is -0.132. The van der Waals surface area contributed by atoms with Gasteiger partial charge in [-0.05, 0) is 53.9 Å². The van der Waals surface area contributed by atoms with E-state index in [2.05, 4.69) is 4.98 Å². The highest BCUT2D eigenvalue weighted by Crippen LogP contribution is 2.28. The standard InChI is InChI=1S/C26H23FN4O/c1-18-14-20(9-10-22(18)27)24-15-25(19-6-3-2-4-7-19)31(29-24)17-26(32)30-13-11-23-21(16-30)8-5-12-28-23/h2-10,12,14-15H,11,13,16-17H2,1H3. The molecule has 0 radical (unpaired) electrons. The van der Waals surface area contributed by atoms with Crippen LogP contribution in [0.15, 0.2) is 72.9 Å². The van der Waals surface area contributed by atoms with Crippen LogP contribution in [0.2, 0.25) is 0 Å². The summed E-state index contributed by atoms with van der Waals surface area (Å²) in [5, 5.41) is 4.74. The molecule has 0 aliphatic carbocycles. The molecule has 3 heterocycles. The summed E-state index contributed by atoms with van der Waals surface area (Å²) in [6.07, 6.45) is 2.55.